The van der Waals surface area contributed by atoms with E-state index < -0.39 is 0 Å². The van der Waals surface area contributed by atoms with Crippen molar-refractivity contribution in [3.8, 4) is 5.75 Å². The van der Waals surface area contributed by atoms with E-state index in [0.717, 1.165) is 25.1 Å². The van der Waals surface area contributed by atoms with Crippen molar-refractivity contribution in [1.82, 2.24) is 5.32 Å². The number of rotatable bonds is 6. The highest BCUT2D eigenvalue weighted by Gasteiger charge is 2.18. The van der Waals surface area contributed by atoms with Gasteiger partial charge in [0.25, 0.3) is 0 Å². The fourth-order valence-corrected chi connectivity index (χ4v) is 1.66. The Bertz CT molecular complexity index is 318. The minimum atomic E-state index is 0.223. The zero-order chi connectivity index (χ0) is 12.0. The van der Waals surface area contributed by atoms with Gasteiger partial charge in [-0.1, -0.05) is 32.0 Å². The van der Waals surface area contributed by atoms with Crippen LogP contribution in [0.5, 0.6) is 5.75 Å². The lowest BCUT2D eigenvalue weighted by Gasteiger charge is -2.28. The standard InChI is InChI=1S/C14H23NO/c1-5-14(3,6-2)15-11-12-9-7-8-10-13(12)16-4/h7-10,15H,5-6,11H2,1-4H3. The summed E-state index contributed by atoms with van der Waals surface area (Å²) in [6.45, 7) is 7.57. The molecule has 1 rings (SSSR count). The highest BCUT2D eigenvalue weighted by Crippen LogP contribution is 2.20. The molecule has 0 fully saturated rings. The van der Waals surface area contributed by atoms with Gasteiger partial charge < -0.3 is 10.1 Å². The zero-order valence-electron chi connectivity index (χ0n) is 10.8. The summed E-state index contributed by atoms with van der Waals surface area (Å²) in [5.41, 5.74) is 1.44. The van der Waals surface area contributed by atoms with Gasteiger partial charge in [0, 0.05) is 17.6 Å². The first kappa shape index (κ1) is 13.0. The van der Waals surface area contributed by atoms with E-state index >= 15 is 0 Å². The van der Waals surface area contributed by atoms with Crippen molar-refractivity contribution >= 4 is 0 Å². The molecule has 2 heteroatoms. The third-order valence-corrected chi connectivity index (χ3v) is 3.46. The van der Waals surface area contributed by atoms with Crippen LogP contribution in [-0.4, -0.2) is 12.6 Å². The monoisotopic (exact) mass is 221 g/mol. The van der Waals surface area contributed by atoms with Crippen LogP contribution >= 0.6 is 0 Å². The Morgan fingerprint density at radius 3 is 2.38 bits per heavy atom. The molecule has 2 nitrogen and oxygen atoms in total. The van der Waals surface area contributed by atoms with Crippen molar-refractivity contribution in [3.63, 3.8) is 0 Å². The maximum atomic E-state index is 5.34. The summed E-state index contributed by atoms with van der Waals surface area (Å²) < 4.78 is 5.34. The normalized spacial score (nSPS) is 11.5. The first-order chi connectivity index (χ1) is 7.65. The minimum absolute atomic E-state index is 0.223. The van der Waals surface area contributed by atoms with Crippen molar-refractivity contribution in [1.29, 1.82) is 0 Å². The van der Waals surface area contributed by atoms with Crippen molar-refractivity contribution < 1.29 is 4.74 Å². The van der Waals surface area contributed by atoms with E-state index in [1.165, 1.54) is 5.56 Å². The molecule has 0 bridgehead atoms. The van der Waals surface area contributed by atoms with Gasteiger partial charge in [-0.05, 0) is 25.8 Å². The number of hydrogen-bond acceptors (Lipinski definition) is 2. The molecule has 0 atom stereocenters. The summed E-state index contributed by atoms with van der Waals surface area (Å²) in [4.78, 5) is 0. The summed E-state index contributed by atoms with van der Waals surface area (Å²) in [7, 11) is 1.72. The van der Waals surface area contributed by atoms with E-state index in [1.807, 2.05) is 12.1 Å². The van der Waals surface area contributed by atoms with Gasteiger partial charge in [-0.25, -0.2) is 0 Å². The highest BCUT2D eigenvalue weighted by atomic mass is 16.5. The molecule has 90 valence electrons. The van der Waals surface area contributed by atoms with Crippen molar-refractivity contribution in [2.24, 2.45) is 0 Å². The number of hydrogen-bond donors (Lipinski definition) is 1. The molecule has 0 unspecified atom stereocenters. The molecular weight excluding hydrogens is 198 g/mol. The molecule has 0 spiro atoms. The number of benzene rings is 1. The van der Waals surface area contributed by atoms with E-state index in [2.05, 4.69) is 38.2 Å². The van der Waals surface area contributed by atoms with Crippen LogP contribution in [0, 0.1) is 0 Å². The largest absolute Gasteiger partial charge is 0.496 e. The Balaban J connectivity index is 2.67. The Labute approximate surface area is 99.0 Å². The smallest absolute Gasteiger partial charge is 0.123 e. The van der Waals surface area contributed by atoms with Crippen LogP contribution in [0.2, 0.25) is 0 Å². The number of methoxy groups -OCH3 is 1. The quantitative estimate of drug-likeness (QED) is 0.795. The van der Waals surface area contributed by atoms with Gasteiger partial charge in [0.05, 0.1) is 7.11 Å². The third kappa shape index (κ3) is 3.24. The molecular formula is C14H23NO. The van der Waals surface area contributed by atoms with E-state index in [-0.39, 0.29) is 5.54 Å². The van der Waals surface area contributed by atoms with Crippen molar-refractivity contribution in [2.75, 3.05) is 7.11 Å². The van der Waals surface area contributed by atoms with Crippen LogP contribution in [-0.2, 0) is 6.54 Å². The van der Waals surface area contributed by atoms with Crippen LogP contribution < -0.4 is 10.1 Å². The van der Waals surface area contributed by atoms with Gasteiger partial charge in [0.2, 0.25) is 0 Å². The van der Waals surface area contributed by atoms with Crippen LogP contribution in [0.25, 0.3) is 0 Å². The molecule has 0 aliphatic heterocycles. The van der Waals surface area contributed by atoms with E-state index in [0.29, 0.717) is 0 Å². The molecule has 0 aliphatic carbocycles. The first-order valence-corrected chi connectivity index (χ1v) is 6.02. The third-order valence-electron chi connectivity index (χ3n) is 3.46. The SMILES string of the molecule is CCC(C)(CC)NCc1ccccc1OC. The average Bonchev–Trinajstić information content (AvgIpc) is 2.36. The summed E-state index contributed by atoms with van der Waals surface area (Å²) in [5.74, 6) is 0.963. The zero-order valence-corrected chi connectivity index (χ0v) is 10.8. The average molecular weight is 221 g/mol. The van der Waals surface area contributed by atoms with E-state index in [4.69, 9.17) is 4.74 Å². The molecule has 16 heavy (non-hydrogen) atoms. The summed E-state index contributed by atoms with van der Waals surface area (Å²) in [6.07, 6.45) is 2.28. The Morgan fingerprint density at radius 1 is 1.19 bits per heavy atom. The molecule has 0 heterocycles. The van der Waals surface area contributed by atoms with Crippen LogP contribution in [0.4, 0.5) is 0 Å². The van der Waals surface area contributed by atoms with Gasteiger partial charge in [0.1, 0.15) is 5.75 Å². The maximum absolute atomic E-state index is 5.34. The van der Waals surface area contributed by atoms with Crippen LogP contribution in [0.1, 0.15) is 39.2 Å². The topological polar surface area (TPSA) is 21.3 Å². The number of para-hydroxylation sites is 1. The molecule has 1 aromatic rings. The Hall–Kier alpha value is -1.02. The maximum Gasteiger partial charge on any atom is 0.123 e. The molecule has 1 N–H and O–H groups in total. The lowest BCUT2D eigenvalue weighted by atomic mass is 9.95. The lowest BCUT2D eigenvalue weighted by Crippen LogP contribution is -2.40. The molecule has 1 aromatic carbocycles. The summed E-state index contributed by atoms with van der Waals surface area (Å²) >= 11 is 0. The molecule has 0 saturated carbocycles. The van der Waals surface area contributed by atoms with Gasteiger partial charge in [-0.3, -0.25) is 0 Å². The van der Waals surface area contributed by atoms with E-state index in [1.54, 1.807) is 7.11 Å². The number of ether oxygens (including phenoxy) is 1. The molecule has 0 amide bonds. The second kappa shape index (κ2) is 5.90. The number of nitrogens with one attached hydrogen (secondary N) is 1. The minimum Gasteiger partial charge on any atom is -0.496 e. The second-order valence-electron chi connectivity index (χ2n) is 4.43. The van der Waals surface area contributed by atoms with Crippen LogP contribution in [0.3, 0.4) is 0 Å². The Morgan fingerprint density at radius 2 is 1.81 bits per heavy atom. The van der Waals surface area contributed by atoms with Gasteiger partial charge in [-0.2, -0.15) is 0 Å². The van der Waals surface area contributed by atoms with Gasteiger partial charge in [-0.15, -0.1) is 0 Å². The second-order valence-corrected chi connectivity index (χ2v) is 4.43. The van der Waals surface area contributed by atoms with E-state index in [9.17, 15) is 0 Å². The molecule has 0 radical (unpaired) electrons. The van der Waals surface area contributed by atoms with Crippen LogP contribution in [0.15, 0.2) is 24.3 Å². The summed E-state index contributed by atoms with van der Waals surface area (Å²) in [6, 6.07) is 8.17. The molecule has 0 aromatic heterocycles. The highest BCUT2D eigenvalue weighted by molar-refractivity contribution is 5.33. The lowest BCUT2D eigenvalue weighted by molar-refractivity contribution is 0.325. The van der Waals surface area contributed by atoms with Gasteiger partial charge >= 0.3 is 0 Å². The first-order valence-electron chi connectivity index (χ1n) is 6.02. The predicted octanol–water partition coefficient (Wildman–Crippen LogP) is 3.36. The molecule has 0 aliphatic rings. The summed E-state index contributed by atoms with van der Waals surface area (Å²) in [5, 5.41) is 3.61. The van der Waals surface area contributed by atoms with Crippen molar-refractivity contribution in [3.05, 3.63) is 29.8 Å². The van der Waals surface area contributed by atoms with Gasteiger partial charge in [0.15, 0.2) is 0 Å². The fraction of sp³-hybridized carbons (Fsp3) is 0.571. The van der Waals surface area contributed by atoms with Crippen molar-refractivity contribution in [2.45, 2.75) is 45.7 Å². The predicted molar refractivity (Wildman–Crippen MR) is 68.8 cm³/mol. The Kier molecular flexibility index (Phi) is 4.81. The molecule has 0 saturated heterocycles. The fourth-order valence-electron chi connectivity index (χ4n) is 1.66.